The normalized spacial score (nSPS) is 10.3. The van der Waals surface area contributed by atoms with Gasteiger partial charge in [0.05, 0.1) is 17.7 Å². The summed E-state index contributed by atoms with van der Waals surface area (Å²) in [6.07, 6.45) is 2.48. The van der Waals surface area contributed by atoms with Gasteiger partial charge in [0.15, 0.2) is 0 Å². The molecule has 0 saturated carbocycles. The number of rotatable bonds is 6. The molecule has 3 rings (SSSR count). The zero-order chi connectivity index (χ0) is 20.8. The Morgan fingerprint density at radius 3 is 2.10 bits per heavy atom. The second-order valence-electron chi connectivity index (χ2n) is 5.92. The van der Waals surface area contributed by atoms with Gasteiger partial charge in [-0.25, -0.2) is 8.78 Å². The molecule has 6 nitrogen and oxygen atoms in total. The monoisotopic (exact) mass is 397 g/mol. The van der Waals surface area contributed by atoms with Crippen LogP contribution in [-0.2, 0) is 0 Å². The van der Waals surface area contributed by atoms with Crippen LogP contribution < -0.4 is 15.4 Å². The van der Waals surface area contributed by atoms with Crippen molar-refractivity contribution in [2.45, 2.75) is 6.92 Å². The highest BCUT2D eigenvalue weighted by molar-refractivity contribution is 6.08. The minimum atomic E-state index is -0.907. The summed E-state index contributed by atoms with van der Waals surface area (Å²) in [5, 5.41) is 4.83. The minimum Gasteiger partial charge on any atom is -0.494 e. The number of amides is 2. The van der Waals surface area contributed by atoms with E-state index in [4.69, 9.17) is 4.74 Å². The quantitative estimate of drug-likeness (QED) is 0.651. The first-order valence-corrected chi connectivity index (χ1v) is 8.72. The first-order chi connectivity index (χ1) is 14.0. The summed E-state index contributed by atoms with van der Waals surface area (Å²) in [4.78, 5) is 28.6. The lowest BCUT2D eigenvalue weighted by molar-refractivity contribution is 0.102. The van der Waals surface area contributed by atoms with Gasteiger partial charge in [0.2, 0.25) is 0 Å². The van der Waals surface area contributed by atoms with Gasteiger partial charge in [-0.1, -0.05) is 6.07 Å². The van der Waals surface area contributed by atoms with E-state index in [1.807, 2.05) is 6.92 Å². The predicted octanol–water partition coefficient (Wildman–Crippen LogP) is 4.26. The van der Waals surface area contributed by atoms with Crippen molar-refractivity contribution in [2.24, 2.45) is 0 Å². The molecular weight excluding hydrogens is 380 g/mol. The molecule has 148 valence electrons. The Hall–Kier alpha value is -3.81. The molecule has 0 unspecified atom stereocenters. The zero-order valence-electron chi connectivity index (χ0n) is 15.4. The third-order valence-electron chi connectivity index (χ3n) is 3.89. The molecule has 0 spiro atoms. The maximum absolute atomic E-state index is 13.7. The van der Waals surface area contributed by atoms with Gasteiger partial charge >= 0.3 is 0 Å². The number of halogens is 2. The fourth-order valence-corrected chi connectivity index (χ4v) is 2.50. The van der Waals surface area contributed by atoms with Crippen LogP contribution in [0.3, 0.4) is 0 Å². The molecule has 0 aliphatic rings. The van der Waals surface area contributed by atoms with Crippen LogP contribution >= 0.6 is 0 Å². The van der Waals surface area contributed by atoms with Gasteiger partial charge in [-0.2, -0.15) is 0 Å². The van der Waals surface area contributed by atoms with Crippen molar-refractivity contribution in [1.29, 1.82) is 0 Å². The van der Waals surface area contributed by atoms with Crippen molar-refractivity contribution in [3.63, 3.8) is 0 Å². The fourth-order valence-electron chi connectivity index (χ4n) is 2.50. The van der Waals surface area contributed by atoms with Crippen molar-refractivity contribution >= 4 is 23.2 Å². The lowest BCUT2D eigenvalue weighted by Crippen LogP contribution is -2.17. The molecule has 8 heteroatoms. The van der Waals surface area contributed by atoms with Gasteiger partial charge in [0.25, 0.3) is 11.8 Å². The molecule has 0 radical (unpaired) electrons. The SMILES string of the molecule is CCOc1ccc(NC(=O)c2cncc(C(=O)Nc3c(F)cccc3F)c2)cc1. The smallest absolute Gasteiger partial charge is 0.257 e. The number of ether oxygens (including phenoxy) is 1. The standard InChI is InChI=1S/C21H17F2N3O3/c1-2-29-16-8-6-15(7-9-16)25-20(27)13-10-14(12-24-11-13)21(28)26-19-17(22)4-3-5-18(19)23/h3-12H,2H2,1H3,(H,25,27)(H,26,28). The molecule has 0 aliphatic carbocycles. The van der Waals surface area contributed by atoms with Crippen LogP contribution in [0.2, 0.25) is 0 Å². The van der Waals surface area contributed by atoms with Crippen LogP contribution in [0.1, 0.15) is 27.6 Å². The number of hydrogen-bond donors (Lipinski definition) is 2. The first-order valence-electron chi connectivity index (χ1n) is 8.72. The number of anilines is 2. The number of carbonyl (C=O) groups excluding carboxylic acids is 2. The van der Waals surface area contributed by atoms with Crippen LogP contribution in [-0.4, -0.2) is 23.4 Å². The minimum absolute atomic E-state index is 0.0213. The van der Waals surface area contributed by atoms with Crippen LogP contribution in [0, 0.1) is 11.6 Å². The van der Waals surface area contributed by atoms with E-state index in [2.05, 4.69) is 15.6 Å². The summed E-state index contributed by atoms with van der Waals surface area (Å²) in [5.74, 6) is -2.43. The molecule has 0 bridgehead atoms. The molecule has 29 heavy (non-hydrogen) atoms. The van der Waals surface area contributed by atoms with Crippen molar-refractivity contribution in [3.8, 4) is 5.75 Å². The maximum Gasteiger partial charge on any atom is 0.257 e. The number of hydrogen-bond acceptors (Lipinski definition) is 4. The highest BCUT2D eigenvalue weighted by Gasteiger charge is 2.16. The Kier molecular flexibility index (Phi) is 6.13. The van der Waals surface area contributed by atoms with E-state index in [0.29, 0.717) is 18.0 Å². The third-order valence-corrected chi connectivity index (χ3v) is 3.89. The Morgan fingerprint density at radius 1 is 0.931 bits per heavy atom. The van der Waals surface area contributed by atoms with E-state index in [0.717, 1.165) is 12.1 Å². The molecule has 2 aromatic carbocycles. The average molecular weight is 397 g/mol. The predicted molar refractivity (Wildman–Crippen MR) is 104 cm³/mol. The second kappa shape index (κ2) is 8.92. The molecule has 0 aliphatic heterocycles. The summed E-state index contributed by atoms with van der Waals surface area (Å²) < 4.78 is 32.8. The van der Waals surface area contributed by atoms with E-state index >= 15 is 0 Å². The summed E-state index contributed by atoms with van der Waals surface area (Å²) in [6.45, 7) is 2.40. The van der Waals surface area contributed by atoms with Crippen LogP contribution in [0.15, 0.2) is 60.9 Å². The Bertz CT molecular complexity index is 1020. The first kappa shape index (κ1) is 19.9. The zero-order valence-corrected chi connectivity index (χ0v) is 15.4. The van der Waals surface area contributed by atoms with Crippen molar-refractivity contribution in [3.05, 3.63) is 83.7 Å². The van der Waals surface area contributed by atoms with E-state index in [1.54, 1.807) is 24.3 Å². The summed E-state index contributed by atoms with van der Waals surface area (Å²) >= 11 is 0. The number of para-hydroxylation sites is 1. The van der Waals surface area contributed by atoms with E-state index in [9.17, 15) is 18.4 Å². The van der Waals surface area contributed by atoms with Gasteiger partial charge in [-0.3, -0.25) is 14.6 Å². The topological polar surface area (TPSA) is 80.3 Å². The number of benzene rings is 2. The number of nitrogens with zero attached hydrogens (tertiary/aromatic N) is 1. The highest BCUT2D eigenvalue weighted by atomic mass is 19.1. The maximum atomic E-state index is 13.7. The Labute approximate surface area is 165 Å². The molecule has 1 heterocycles. The summed E-state index contributed by atoms with van der Waals surface area (Å²) in [7, 11) is 0. The summed E-state index contributed by atoms with van der Waals surface area (Å²) in [6, 6.07) is 11.3. The lowest BCUT2D eigenvalue weighted by Gasteiger charge is -2.09. The molecule has 3 aromatic rings. The summed E-state index contributed by atoms with van der Waals surface area (Å²) in [5.41, 5.74) is 0.0519. The number of aromatic nitrogens is 1. The number of nitrogens with one attached hydrogen (secondary N) is 2. The Balaban J connectivity index is 1.73. The highest BCUT2D eigenvalue weighted by Crippen LogP contribution is 2.20. The lowest BCUT2D eigenvalue weighted by atomic mass is 10.1. The van der Waals surface area contributed by atoms with Gasteiger partial charge in [0, 0.05) is 18.1 Å². The average Bonchev–Trinajstić information content (AvgIpc) is 2.72. The van der Waals surface area contributed by atoms with Crippen LogP contribution in [0.4, 0.5) is 20.2 Å². The van der Waals surface area contributed by atoms with Crippen LogP contribution in [0.25, 0.3) is 0 Å². The van der Waals surface area contributed by atoms with Crippen molar-refractivity contribution in [2.75, 3.05) is 17.2 Å². The number of carbonyl (C=O) groups is 2. The third kappa shape index (κ3) is 4.92. The number of pyridine rings is 1. The van der Waals surface area contributed by atoms with E-state index < -0.39 is 29.1 Å². The second-order valence-corrected chi connectivity index (χ2v) is 5.92. The van der Waals surface area contributed by atoms with E-state index in [1.165, 1.54) is 24.5 Å². The largest absolute Gasteiger partial charge is 0.494 e. The molecule has 0 atom stereocenters. The van der Waals surface area contributed by atoms with Crippen molar-refractivity contribution < 1.29 is 23.1 Å². The molecule has 2 N–H and O–H groups in total. The van der Waals surface area contributed by atoms with Gasteiger partial charge < -0.3 is 15.4 Å². The van der Waals surface area contributed by atoms with Crippen LogP contribution in [0.5, 0.6) is 5.75 Å². The van der Waals surface area contributed by atoms with Gasteiger partial charge in [0.1, 0.15) is 23.1 Å². The van der Waals surface area contributed by atoms with Gasteiger partial charge in [-0.05, 0) is 49.4 Å². The fraction of sp³-hybridized carbons (Fsp3) is 0.0952. The molecule has 0 fully saturated rings. The molecular formula is C21H17F2N3O3. The van der Waals surface area contributed by atoms with Gasteiger partial charge in [-0.15, -0.1) is 0 Å². The van der Waals surface area contributed by atoms with E-state index in [-0.39, 0.29) is 11.1 Å². The molecule has 0 saturated heterocycles. The van der Waals surface area contributed by atoms with Crippen molar-refractivity contribution in [1.82, 2.24) is 4.98 Å². The Morgan fingerprint density at radius 2 is 1.52 bits per heavy atom. The molecule has 2 amide bonds. The molecule has 1 aromatic heterocycles.